The van der Waals surface area contributed by atoms with E-state index in [1.54, 1.807) is 18.2 Å². The average Bonchev–Trinajstić information content (AvgIpc) is 3.05. The Morgan fingerprint density at radius 1 is 1.39 bits per heavy atom. The third kappa shape index (κ3) is 3.78. The van der Waals surface area contributed by atoms with E-state index in [4.69, 9.17) is 9.47 Å². The highest BCUT2D eigenvalue weighted by molar-refractivity contribution is 5.91. The molecule has 0 radical (unpaired) electrons. The van der Waals surface area contributed by atoms with Gasteiger partial charge in [-0.2, -0.15) is 5.10 Å². The number of ether oxygens (including phenoxy) is 2. The van der Waals surface area contributed by atoms with Crippen molar-refractivity contribution in [1.82, 2.24) is 20.6 Å². The Bertz CT molecular complexity index is 756. The van der Waals surface area contributed by atoms with Gasteiger partial charge in [-0.05, 0) is 33.7 Å². The molecule has 0 aliphatic heterocycles. The zero-order valence-corrected chi connectivity index (χ0v) is 12.1. The molecule has 0 saturated carbocycles. The van der Waals surface area contributed by atoms with Crippen LogP contribution in [0.4, 0.5) is 5.95 Å². The summed E-state index contributed by atoms with van der Waals surface area (Å²) in [4.78, 5) is 24.7. The predicted octanol–water partition coefficient (Wildman–Crippen LogP) is 0.494. The Balaban J connectivity index is 2.03. The molecule has 1 aromatic heterocycles. The number of rotatable bonds is 6. The van der Waals surface area contributed by atoms with Gasteiger partial charge in [0.2, 0.25) is 0 Å². The fraction of sp³-hybridized carbons (Fsp3) is 0.167. The van der Waals surface area contributed by atoms with Crippen LogP contribution >= 0.6 is 0 Å². The number of hydrazone groups is 1. The van der Waals surface area contributed by atoms with Gasteiger partial charge in [-0.25, -0.2) is 5.43 Å². The lowest BCUT2D eigenvalue weighted by Crippen LogP contribution is -2.19. The van der Waals surface area contributed by atoms with Crippen LogP contribution in [0.3, 0.4) is 0 Å². The molecule has 0 fully saturated rings. The number of nitro groups is 1. The molecule has 11 heteroatoms. The molecule has 0 saturated heterocycles. The first-order valence-electron chi connectivity index (χ1n) is 6.17. The van der Waals surface area contributed by atoms with E-state index >= 15 is 0 Å². The number of H-pyrrole nitrogens is 1. The number of carbonyl (C=O) groups excluding carboxylic acids is 1. The molecule has 1 aromatic carbocycles. The van der Waals surface area contributed by atoms with Crippen LogP contribution in [-0.4, -0.2) is 46.4 Å². The highest BCUT2D eigenvalue weighted by atomic mass is 16.6. The summed E-state index contributed by atoms with van der Waals surface area (Å²) >= 11 is 0. The molecule has 11 nitrogen and oxygen atoms in total. The van der Waals surface area contributed by atoms with E-state index in [9.17, 15) is 14.9 Å². The van der Waals surface area contributed by atoms with E-state index in [0.29, 0.717) is 17.1 Å². The van der Waals surface area contributed by atoms with Gasteiger partial charge < -0.3 is 19.6 Å². The maximum Gasteiger partial charge on any atom is 0.454 e. The number of aromatic amines is 1. The SMILES string of the molecule is COc1ccc(C=NNC(=O)c2n[nH]c([N+](=O)[O-])n2)cc1OC. The molecule has 0 bridgehead atoms. The first kappa shape index (κ1) is 15.9. The number of amides is 1. The fourth-order valence-corrected chi connectivity index (χ4v) is 1.59. The van der Waals surface area contributed by atoms with Crippen molar-refractivity contribution < 1.29 is 19.2 Å². The molecule has 2 aromatic rings. The van der Waals surface area contributed by atoms with Gasteiger partial charge in [0, 0.05) is 0 Å². The predicted molar refractivity (Wildman–Crippen MR) is 77.6 cm³/mol. The van der Waals surface area contributed by atoms with E-state index in [-0.39, 0.29) is 5.82 Å². The zero-order valence-electron chi connectivity index (χ0n) is 12.1. The molecule has 0 aliphatic rings. The number of nitrogens with zero attached hydrogens (tertiary/aromatic N) is 4. The highest BCUT2D eigenvalue weighted by Crippen LogP contribution is 2.26. The van der Waals surface area contributed by atoms with Crippen LogP contribution in [-0.2, 0) is 0 Å². The summed E-state index contributed by atoms with van der Waals surface area (Å²) in [5, 5.41) is 19.6. The Morgan fingerprint density at radius 3 is 2.74 bits per heavy atom. The Labute approximate surface area is 129 Å². The summed E-state index contributed by atoms with van der Waals surface area (Å²) in [5.74, 6) is -0.736. The lowest BCUT2D eigenvalue weighted by Gasteiger charge is -2.07. The van der Waals surface area contributed by atoms with Crippen molar-refractivity contribution in [3.8, 4) is 11.5 Å². The van der Waals surface area contributed by atoms with Crippen molar-refractivity contribution in [2.24, 2.45) is 5.10 Å². The molecule has 0 spiro atoms. The summed E-state index contributed by atoms with van der Waals surface area (Å²) in [5.41, 5.74) is 2.80. The number of methoxy groups -OCH3 is 2. The molecule has 2 rings (SSSR count). The number of hydrogen-bond donors (Lipinski definition) is 2. The van der Waals surface area contributed by atoms with Crippen molar-refractivity contribution >= 4 is 18.1 Å². The summed E-state index contributed by atoms with van der Waals surface area (Å²) in [6.07, 6.45) is 1.36. The van der Waals surface area contributed by atoms with Crippen LogP contribution in [0.15, 0.2) is 23.3 Å². The zero-order chi connectivity index (χ0) is 16.8. The van der Waals surface area contributed by atoms with Gasteiger partial charge in [-0.15, -0.1) is 5.10 Å². The topological polar surface area (TPSA) is 145 Å². The van der Waals surface area contributed by atoms with Crippen LogP contribution < -0.4 is 14.9 Å². The second kappa shape index (κ2) is 6.98. The van der Waals surface area contributed by atoms with Crippen molar-refractivity contribution in [2.45, 2.75) is 0 Å². The molecule has 1 amide bonds. The minimum absolute atomic E-state index is 0.388. The Hall–Kier alpha value is -3.50. The number of hydrogen-bond acceptors (Lipinski definition) is 8. The summed E-state index contributed by atoms with van der Waals surface area (Å²) < 4.78 is 10.2. The first-order valence-corrected chi connectivity index (χ1v) is 6.17. The smallest absolute Gasteiger partial charge is 0.454 e. The van der Waals surface area contributed by atoms with Gasteiger partial charge in [0.05, 0.1) is 20.4 Å². The number of benzene rings is 1. The summed E-state index contributed by atoms with van der Waals surface area (Å²) in [6.45, 7) is 0. The van der Waals surface area contributed by atoms with E-state index in [1.165, 1.54) is 20.4 Å². The highest BCUT2D eigenvalue weighted by Gasteiger charge is 2.20. The van der Waals surface area contributed by atoms with Crippen molar-refractivity contribution in [3.05, 3.63) is 39.7 Å². The summed E-state index contributed by atoms with van der Waals surface area (Å²) in [7, 11) is 3.01. The number of nitrogens with one attached hydrogen (secondary N) is 2. The van der Waals surface area contributed by atoms with Gasteiger partial charge in [0.15, 0.2) is 11.5 Å². The minimum Gasteiger partial charge on any atom is -0.493 e. The van der Waals surface area contributed by atoms with Gasteiger partial charge in [-0.3, -0.25) is 4.79 Å². The van der Waals surface area contributed by atoms with Crippen molar-refractivity contribution in [2.75, 3.05) is 14.2 Å². The van der Waals surface area contributed by atoms with Crippen molar-refractivity contribution in [3.63, 3.8) is 0 Å². The third-order valence-corrected chi connectivity index (χ3v) is 2.64. The average molecular weight is 320 g/mol. The Morgan fingerprint density at radius 2 is 2.13 bits per heavy atom. The van der Waals surface area contributed by atoms with Crippen LogP contribution in [0.2, 0.25) is 0 Å². The van der Waals surface area contributed by atoms with Gasteiger partial charge in [0.25, 0.3) is 0 Å². The molecule has 120 valence electrons. The van der Waals surface area contributed by atoms with Gasteiger partial charge in [-0.1, -0.05) is 5.10 Å². The molecule has 0 atom stereocenters. The molecule has 1 heterocycles. The molecule has 0 unspecified atom stereocenters. The summed E-state index contributed by atoms with van der Waals surface area (Å²) in [6, 6.07) is 5.04. The van der Waals surface area contributed by atoms with Gasteiger partial charge >= 0.3 is 17.7 Å². The molecule has 23 heavy (non-hydrogen) atoms. The van der Waals surface area contributed by atoms with Crippen molar-refractivity contribution in [1.29, 1.82) is 0 Å². The van der Waals surface area contributed by atoms with E-state index in [0.717, 1.165) is 0 Å². The third-order valence-electron chi connectivity index (χ3n) is 2.64. The molecular formula is C12H12N6O5. The van der Waals surface area contributed by atoms with Crippen LogP contribution in [0.5, 0.6) is 11.5 Å². The largest absolute Gasteiger partial charge is 0.493 e. The van der Waals surface area contributed by atoms with Crippen LogP contribution in [0, 0.1) is 10.1 Å². The second-order valence-corrected chi connectivity index (χ2v) is 4.05. The standard InChI is InChI=1S/C12H12N6O5/c1-22-8-4-3-7(5-9(8)23-2)6-13-16-11(19)10-14-12(17-15-10)18(20)21/h3-6H,1-2H3,(H,16,19)(H,14,15,17). The van der Waals surface area contributed by atoms with Crippen LogP contribution in [0.1, 0.15) is 16.2 Å². The molecule has 2 N–H and O–H groups in total. The lowest BCUT2D eigenvalue weighted by atomic mass is 10.2. The maximum absolute atomic E-state index is 11.7. The van der Waals surface area contributed by atoms with E-state index in [1.807, 2.05) is 5.10 Å². The Kier molecular flexibility index (Phi) is 4.82. The quantitative estimate of drug-likeness (QED) is 0.447. The first-order chi connectivity index (χ1) is 11.0. The fourth-order valence-electron chi connectivity index (χ4n) is 1.59. The maximum atomic E-state index is 11.7. The van der Waals surface area contributed by atoms with Gasteiger partial charge in [0.1, 0.15) is 0 Å². The number of carbonyl (C=O) groups is 1. The van der Waals surface area contributed by atoms with E-state index < -0.39 is 16.8 Å². The van der Waals surface area contributed by atoms with E-state index in [2.05, 4.69) is 20.6 Å². The number of aromatic nitrogens is 3. The molecule has 0 aliphatic carbocycles. The van der Waals surface area contributed by atoms with Crippen LogP contribution in [0.25, 0.3) is 0 Å². The monoisotopic (exact) mass is 320 g/mol. The second-order valence-electron chi connectivity index (χ2n) is 4.05. The lowest BCUT2D eigenvalue weighted by molar-refractivity contribution is -0.394. The normalized spacial score (nSPS) is 10.5. The minimum atomic E-state index is -0.795. The molecular weight excluding hydrogens is 308 g/mol.